The van der Waals surface area contributed by atoms with Crippen LogP contribution < -0.4 is 0 Å². The number of nitrogens with zero attached hydrogens (tertiary/aromatic N) is 3. The molecule has 0 unspecified atom stereocenters. The van der Waals surface area contributed by atoms with Crippen LogP contribution in [0.3, 0.4) is 0 Å². The Kier molecular flexibility index (Phi) is 3.32. The van der Waals surface area contributed by atoms with E-state index in [1.807, 2.05) is 30.8 Å². The number of carbonyl (C=O) groups excluding carboxylic acids is 1. The minimum Gasteiger partial charge on any atom is -0.338 e. The summed E-state index contributed by atoms with van der Waals surface area (Å²) in [5, 5.41) is 0. The predicted molar refractivity (Wildman–Crippen MR) is 64.8 cm³/mol. The van der Waals surface area contributed by atoms with Crippen molar-refractivity contribution in [2.45, 2.75) is 19.8 Å². The van der Waals surface area contributed by atoms with Gasteiger partial charge in [-0.2, -0.15) is 0 Å². The Balaban J connectivity index is 2.04. The van der Waals surface area contributed by atoms with E-state index in [2.05, 4.69) is 9.97 Å². The highest BCUT2D eigenvalue weighted by atomic mass is 16.1. The summed E-state index contributed by atoms with van der Waals surface area (Å²) >= 11 is 0. The molecule has 2 rings (SSSR count). The van der Waals surface area contributed by atoms with Crippen LogP contribution in [-0.2, 0) is 13.5 Å². The number of hydrogen-bond acceptors (Lipinski definition) is 3. The van der Waals surface area contributed by atoms with Gasteiger partial charge in [0.2, 0.25) is 0 Å². The molecule has 4 nitrogen and oxygen atoms in total. The van der Waals surface area contributed by atoms with Crippen molar-refractivity contribution < 1.29 is 4.79 Å². The van der Waals surface area contributed by atoms with Crippen molar-refractivity contribution in [3.8, 4) is 0 Å². The summed E-state index contributed by atoms with van der Waals surface area (Å²) < 4.78 is 1.93. The summed E-state index contributed by atoms with van der Waals surface area (Å²) in [7, 11) is 1.93. The lowest BCUT2D eigenvalue weighted by Crippen LogP contribution is -2.06. The van der Waals surface area contributed by atoms with Gasteiger partial charge in [0.15, 0.2) is 5.78 Å². The number of Topliss-reactive ketones (excluding diaryl/α,β-unsaturated/α-hetero) is 1. The van der Waals surface area contributed by atoms with E-state index in [4.69, 9.17) is 0 Å². The van der Waals surface area contributed by atoms with Gasteiger partial charge in [-0.05, 0) is 19.1 Å². The molecule has 4 heteroatoms. The second kappa shape index (κ2) is 4.91. The zero-order chi connectivity index (χ0) is 12.3. The molecule has 0 saturated carbocycles. The highest BCUT2D eigenvalue weighted by Crippen LogP contribution is 2.09. The molecule has 0 aromatic carbocycles. The first-order valence-electron chi connectivity index (χ1n) is 5.59. The van der Waals surface area contributed by atoms with E-state index in [0.717, 1.165) is 11.5 Å². The molecule has 88 valence electrons. The molecule has 0 radical (unpaired) electrons. The van der Waals surface area contributed by atoms with E-state index in [9.17, 15) is 4.79 Å². The van der Waals surface area contributed by atoms with Crippen molar-refractivity contribution in [3.63, 3.8) is 0 Å². The summed E-state index contributed by atoms with van der Waals surface area (Å²) in [6.45, 7) is 1.86. The molecule has 2 aromatic rings. The molecule has 0 bridgehead atoms. The molecule has 0 amide bonds. The van der Waals surface area contributed by atoms with Gasteiger partial charge in [-0.1, -0.05) is 0 Å². The Morgan fingerprint density at radius 1 is 1.35 bits per heavy atom. The minimum absolute atomic E-state index is 0.124. The maximum Gasteiger partial charge on any atom is 0.165 e. The fraction of sp³-hybridized carbons (Fsp3) is 0.308. The maximum absolute atomic E-state index is 12.0. The topological polar surface area (TPSA) is 47.8 Å². The lowest BCUT2D eigenvalue weighted by atomic mass is 10.1. The first-order chi connectivity index (χ1) is 8.18. The first kappa shape index (κ1) is 11.5. The largest absolute Gasteiger partial charge is 0.338 e. The third kappa shape index (κ3) is 2.58. The molecule has 0 aliphatic rings. The van der Waals surface area contributed by atoms with E-state index in [1.165, 1.54) is 0 Å². The Morgan fingerprint density at radius 3 is 2.82 bits per heavy atom. The molecule has 2 heterocycles. The van der Waals surface area contributed by atoms with E-state index >= 15 is 0 Å². The molecular weight excluding hydrogens is 214 g/mol. The molecule has 17 heavy (non-hydrogen) atoms. The van der Waals surface area contributed by atoms with Crippen molar-refractivity contribution in [1.82, 2.24) is 14.5 Å². The lowest BCUT2D eigenvalue weighted by Gasteiger charge is -2.04. The Bertz CT molecular complexity index is 531. The van der Waals surface area contributed by atoms with Gasteiger partial charge in [0.25, 0.3) is 0 Å². The predicted octanol–water partition coefficient (Wildman–Crippen LogP) is 1.94. The van der Waals surface area contributed by atoms with E-state index in [-0.39, 0.29) is 5.78 Å². The Hall–Kier alpha value is -1.97. The number of rotatable bonds is 4. The van der Waals surface area contributed by atoms with Crippen LogP contribution in [-0.4, -0.2) is 20.3 Å². The van der Waals surface area contributed by atoms with Crippen LogP contribution in [0.4, 0.5) is 0 Å². The van der Waals surface area contributed by atoms with Gasteiger partial charge in [-0.3, -0.25) is 9.78 Å². The maximum atomic E-state index is 12.0. The number of imidazole rings is 1. The van der Waals surface area contributed by atoms with Crippen molar-refractivity contribution in [3.05, 3.63) is 47.8 Å². The number of aryl methyl sites for hydroxylation is 3. The van der Waals surface area contributed by atoms with E-state index in [1.54, 1.807) is 18.5 Å². The van der Waals surface area contributed by atoms with Crippen molar-refractivity contribution in [2.75, 3.05) is 0 Å². The standard InChI is InChI=1S/C13H15N3O/c1-10-11(4-3-7-14-10)12(17)5-6-13-15-8-9-16(13)2/h3-4,7-9H,5-6H2,1-2H3. The third-order valence-corrected chi connectivity index (χ3v) is 2.80. The molecule has 0 atom stereocenters. The highest BCUT2D eigenvalue weighted by Gasteiger charge is 2.10. The summed E-state index contributed by atoms with van der Waals surface area (Å²) in [6, 6.07) is 3.62. The number of carbonyl (C=O) groups is 1. The first-order valence-corrected chi connectivity index (χ1v) is 5.59. The van der Waals surface area contributed by atoms with Gasteiger partial charge in [0.1, 0.15) is 5.82 Å². The van der Waals surface area contributed by atoms with Gasteiger partial charge in [-0.25, -0.2) is 4.98 Å². The van der Waals surface area contributed by atoms with E-state index < -0.39 is 0 Å². The smallest absolute Gasteiger partial charge is 0.165 e. The quantitative estimate of drug-likeness (QED) is 0.753. The molecule has 0 aliphatic heterocycles. The molecular formula is C13H15N3O. The van der Waals surface area contributed by atoms with Crippen molar-refractivity contribution in [2.24, 2.45) is 7.05 Å². The molecule has 0 saturated heterocycles. The summed E-state index contributed by atoms with van der Waals surface area (Å²) in [5.41, 5.74) is 1.50. The number of hydrogen-bond donors (Lipinski definition) is 0. The highest BCUT2D eigenvalue weighted by molar-refractivity contribution is 5.97. The minimum atomic E-state index is 0.124. The molecule has 0 spiro atoms. The van der Waals surface area contributed by atoms with Gasteiger partial charge in [0.05, 0.1) is 0 Å². The average Bonchev–Trinajstić information content (AvgIpc) is 2.72. The van der Waals surface area contributed by atoms with Crippen LogP contribution in [0.2, 0.25) is 0 Å². The zero-order valence-corrected chi connectivity index (χ0v) is 10.1. The number of aromatic nitrogens is 3. The van der Waals surface area contributed by atoms with Gasteiger partial charge in [-0.15, -0.1) is 0 Å². The van der Waals surface area contributed by atoms with Crippen LogP contribution >= 0.6 is 0 Å². The van der Waals surface area contributed by atoms with Gasteiger partial charge >= 0.3 is 0 Å². The SMILES string of the molecule is Cc1ncccc1C(=O)CCc1nccn1C. The van der Waals surface area contributed by atoms with Gasteiger partial charge < -0.3 is 4.57 Å². The van der Waals surface area contributed by atoms with Crippen molar-refractivity contribution in [1.29, 1.82) is 0 Å². The van der Waals surface area contributed by atoms with Crippen molar-refractivity contribution >= 4 is 5.78 Å². The summed E-state index contributed by atoms with van der Waals surface area (Å²) in [6.07, 6.45) is 6.46. The van der Waals surface area contributed by atoms with E-state index in [0.29, 0.717) is 18.4 Å². The Morgan fingerprint density at radius 2 is 2.18 bits per heavy atom. The summed E-state index contributed by atoms with van der Waals surface area (Å²) in [4.78, 5) is 20.3. The molecule has 2 aromatic heterocycles. The molecule has 0 aliphatic carbocycles. The average molecular weight is 229 g/mol. The summed E-state index contributed by atoms with van der Waals surface area (Å²) in [5.74, 6) is 1.05. The second-order valence-corrected chi connectivity index (χ2v) is 4.01. The molecule has 0 fully saturated rings. The second-order valence-electron chi connectivity index (χ2n) is 4.01. The Labute approximate surface area is 100 Å². The third-order valence-electron chi connectivity index (χ3n) is 2.80. The van der Waals surface area contributed by atoms with Gasteiger partial charge in [0, 0.05) is 49.7 Å². The fourth-order valence-corrected chi connectivity index (χ4v) is 1.78. The van der Waals surface area contributed by atoms with Crippen LogP contribution in [0.5, 0.6) is 0 Å². The number of ketones is 1. The lowest BCUT2D eigenvalue weighted by molar-refractivity contribution is 0.0981. The normalized spacial score (nSPS) is 10.5. The monoisotopic (exact) mass is 229 g/mol. The van der Waals surface area contributed by atoms with Crippen LogP contribution in [0.25, 0.3) is 0 Å². The fourth-order valence-electron chi connectivity index (χ4n) is 1.78. The van der Waals surface area contributed by atoms with Crippen LogP contribution in [0.15, 0.2) is 30.7 Å². The molecule has 0 N–H and O–H groups in total. The van der Waals surface area contributed by atoms with Crippen LogP contribution in [0, 0.1) is 6.92 Å². The number of pyridine rings is 1. The zero-order valence-electron chi connectivity index (χ0n) is 10.1. The van der Waals surface area contributed by atoms with Crippen LogP contribution in [0.1, 0.15) is 28.3 Å².